The standard InChI is InChI=1S/C15H19N3O3/c1-9(2)15(4,7-13(19)20)18-14(21)12-6-5-11(8-16)10(3)17-12/h5-6,9H,7H2,1-4H3,(H,18,21)(H,19,20). The molecule has 112 valence electrons. The molecule has 0 aliphatic carbocycles. The van der Waals surface area contributed by atoms with Crippen LogP contribution in [0.2, 0.25) is 0 Å². The molecule has 6 nitrogen and oxygen atoms in total. The van der Waals surface area contributed by atoms with Gasteiger partial charge in [-0.05, 0) is 31.9 Å². The third kappa shape index (κ3) is 4.02. The molecular formula is C15H19N3O3. The Hall–Kier alpha value is -2.42. The molecule has 0 aliphatic rings. The molecule has 1 heterocycles. The number of nitrogens with one attached hydrogen (secondary N) is 1. The molecular weight excluding hydrogens is 270 g/mol. The van der Waals surface area contributed by atoms with Gasteiger partial charge in [-0.1, -0.05) is 13.8 Å². The van der Waals surface area contributed by atoms with E-state index >= 15 is 0 Å². The molecule has 1 atom stereocenters. The van der Waals surface area contributed by atoms with Gasteiger partial charge < -0.3 is 10.4 Å². The second-order valence-electron chi connectivity index (χ2n) is 5.54. The van der Waals surface area contributed by atoms with Crippen LogP contribution in [0, 0.1) is 24.2 Å². The highest BCUT2D eigenvalue weighted by atomic mass is 16.4. The van der Waals surface area contributed by atoms with Gasteiger partial charge in [-0.25, -0.2) is 4.98 Å². The van der Waals surface area contributed by atoms with Gasteiger partial charge in [0, 0.05) is 0 Å². The van der Waals surface area contributed by atoms with E-state index in [-0.39, 0.29) is 18.0 Å². The van der Waals surface area contributed by atoms with E-state index in [0.717, 1.165) is 0 Å². The minimum atomic E-state index is -0.976. The molecule has 6 heteroatoms. The van der Waals surface area contributed by atoms with E-state index in [1.165, 1.54) is 12.1 Å². The Labute approximate surface area is 123 Å². The molecule has 1 rings (SSSR count). The van der Waals surface area contributed by atoms with Crippen molar-refractivity contribution in [3.05, 3.63) is 29.1 Å². The van der Waals surface area contributed by atoms with E-state index < -0.39 is 17.4 Å². The number of carbonyl (C=O) groups excluding carboxylic acids is 1. The van der Waals surface area contributed by atoms with Gasteiger partial charge in [0.1, 0.15) is 11.8 Å². The van der Waals surface area contributed by atoms with Crippen molar-refractivity contribution in [1.29, 1.82) is 5.26 Å². The number of hydrogen-bond donors (Lipinski definition) is 2. The Bertz CT molecular complexity index is 605. The summed E-state index contributed by atoms with van der Waals surface area (Å²) < 4.78 is 0. The molecule has 0 saturated carbocycles. The molecule has 1 aromatic heterocycles. The highest BCUT2D eigenvalue weighted by Crippen LogP contribution is 2.21. The van der Waals surface area contributed by atoms with Gasteiger partial charge in [0.2, 0.25) is 0 Å². The molecule has 0 spiro atoms. The number of hydrogen-bond acceptors (Lipinski definition) is 4. The van der Waals surface area contributed by atoms with Gasteiger partial charge >= 0.3 is 5.97 Å². The molecule has 2 N–H and O–H groups in total. The van der Waals surface area contributed by atoms with Gasteiger partial charge in [-0.2, -0.15) is 5.26 Å². The zero-order valence-corrected chi connectivity index (χ0v) is 12.6. The summed E-state index contributed by atoms with van der Waals surface area (Å²) in [7, 11) is 0. The fourth-order valence-electron chi connectivity index (χ4n) is 1.84. The van der Waals surface area contributed by atoms with Crippen molar-refractivity contribution in [3.8, 4) is 6.07 Å². The Balaban J connectivity index is 3.00. The predicted molar refractivity (Wildman–Crippen MR) is 76.7 cm³/mol. The summed E-state index contributed by atoms with van der Waals surface area (Å²) in [5.74, 6) is -1.48. The van der Waals surface area contributed by atoms with Crippen LogP contribution in [0.1, 0.15) is 48.9 Å². The molecule has 0 aromatic carbocycles. The average Bonchev–Trinajstić information content (AvgIpc) is 2.37. The number of nitrogens with zero attached hydrogens (tertiary/aromatic N) is 2. The molecule has 0 saturated heterocycles. The topological polar surface area (TPSA) is 103 Å². The van der Waals surface area contributed by atoms with E-state index in [2.05, 4.69) is 10.3 Å². The van der Waals surface area contributed by atoms with Crippen LogP contribution in [-0.2, 0) is 4.79 Å². The third-order valence-electron chi connectivity index (χ3n) is 3.63. The maximum absolute atomic E-state index is 12.2. The van der Waals surface area contributed by atoms with Crippen LogP contribution in [0.3, 0.4) is 0 Å². The summed E-state index contributed by atoms with van der Waals surface area (Å²) in [5, 5.41) is 20.6. The lowest BCUT2D eigenvalue weighted by Gasteiger charge is -2.33. The second kappa shape index (κ2) is 6.35. The quantitative estimate of drug-likeness (QED) is 0.861. The fourth-order valence-corrected chi connectivity index (χ4v) is 1.84. The number of carboxylic acids is 1. The molecule has 1 amide bonds. The van der Waals surface area contributed by atoms with Crippen molar-refractivity contribution in [2.24, 2.45) is 5.92 Å². The van der Waals surface area contributed by atoms with E-state index in [1.54, 1.807) is 13.8 Å². The van der Waals surface area contributed by atoms with Crippen LogP contribution in [0.5, 0.6) is 0 Å². The number of aromatic nitrogens is 1. The molecule has 0 bridgehead atoms. The van der Waals surface area contributed by atoms with Crippen molar-refractivity contribution in [3.63, 3.8) is 0 Å². The lowest BCUT2D eigenvalue weighted by Crippen LogP contribution is -2.51. The number of aryl methyl sites for hydroxylation is 1. The Kier molecular flexibility index (Phi) is 5.03. The van der Waals surface area contributed by atoms with Crippen molar-refractivity contribution in [2.45, 2.75) is 39.7 Å². The number of amides is 1. The monoisotopic (exact) mass is 289 g/mol. The lowest BCUT2D eigenvalue weighted by molar-refractivity contribution is -0.138. The van der Waals surface area contributed by atoms with E-state index in [0.29, 0.717) is 11.3 Å². The van der Waals surface area contributed by atoms with Crippen molar-refractivity contribution in [1.82, 2.24) is 10.3 Å². The first kappa shape index (κ1) is 16.6. The highest BCUT2D eigenvalue weighted by Gasteiger charge is 2.33. The van der Waals surface area contributed by atoms with Gasteiger partial charge in [0.05, 0.1) is 23.2 Å². The van der Waals surface area contributed by atoms with Crippen LogP contribution >= 0.6 is 0 Å². The van der Waals surface area contributed by atoms with Crippen molar-refractivity contribution < 1.29 is 14.7 Å². The number of carbonyl (C=O) groups is 2. The van der Waals surface area contributed by atoms with Crippen LogP contribution in [0.25, 0.3) is 0 Å². The SMILES string of the molecule is Cc1nc(C(=O)NC(C)(CC(=O)O)C(C)C)ccc1C#N. The van der Waals surface area contributed by atoms with Gasteiger partial charge in [0.25, 0.3) is 5.91 Å². The molecule has 1 unspecified atom stereocenters. The summed E-state index contributed by atoms with van der Waals surface area (Å²) in [6.07, 6.45) is -0.175. The van der Waals surface area contributed by atoms with Crippen LogP contribution < -0.4 is 5.32 Å². The average molecular weight is 289 g/mol. The van der Waals surface area contributed by atoms with Crippen molar-refractivity contribution in [2.75, 3.05) is 0 Å². The van der Waals surface area contributed by atoms with Gasteiger partial charge in [-0.15, -0.1) is 0 Å². The van der Waals surface area contributed by atoms with Gasteiger partial charge in [-0.3, -0.25) is 9.59 Å². The maximum Gasteiger partial charge on any atom is 0.305 e. The minimum absolute atomic E-state index is 0.0583. The number of rotatable bonds is 5. The van der Waals surface area contributed by atoms with Crippen LogP contribution in [-0.4, -0.2) is 27.5 Å². The molecule has 21 heavy (non-hydrogen) atoms. The smallest absolute Gasteiger partial charge is 0.305 e. The first-order valence-electron chi connectivity index (χ1n) is 6.61. The minimum Gasteiger partial charge on any atom is -0.481 e. The number of nitriles is 1. The van der Waals surface area contributed by atoms with Gasteiger partial charge in [0.15, 0.2) is 0 Å². The predicted octanol–water partition coefficient (Wildman–Crippen LogP) is 1.88. The third-order valence-corrected chi connectivity index (χ3v) is 3.63. The molecule has 0 fully saturated rings. The summed E-state index contributed by atoms with van der Waals surface area (Å²) in [6, 6.07) is 4.97. The maximum atomic E-state index is 12.2. The molecule has 1 aromatic rings. The highest BCUT2D eigenvalue weighted by molar-refractivity contribution is 5.93. The number of carboxylic acid groups (broad SMARTS) is 1. The summed E-state index contributed by atoms with van der Waals surface area (Å²) in [5.41, 5.74) is 0.175. The largest absolute Gasteiger partial charge is 0.481 e. The summed E-state index contributed by atoms with van der Waals surface area (Å²) in [6.45, 7) is 7.04. The number of aliphatic carboxylic acids is 1. The second-order valence-corrected chi connectivity index (χ2v) is 5.54. The summed E-state index contributed by atoms with van der Waals surface area (Å²) >= 11 is 0. The van der Waals surface area contributed by atoms with Crippen molar-refractivity contribution >= 4 is 11.9 Å². The molecule has 0 aliphatic heterocycles. The van der Waals surface area contributed by atoms with Crippen LogP contribution in [0.4, 0.5) is 0 Å². The lowest BCUT2D eigenvalue weighted by atomic mass is 9.85. The molecule has 0 radical (unpaired) electrons. The van der Waals surface area contributed by atoms with E-state index in [4.69, 9.17) is 10.4 Å². The zero-order valence-electron chi connectivity index (χ0n) is 12.6. The Morgan fingerprint density at radius 1 is 1.48 bits per heavy atom. The zero-order chi connectivity index (χ0) is 16.2. The Morgan fingerprint density at radius 2 is 2.10 bits per heavy atom. The van der Waals surface area contributed by atoms with E-state index in [9.17, 15) is 9.59 Å². The van der Waals surface area contributed by atoms with Crippen LogP contribution in [0.15, 0.2) is 12.1 Å². The van der Waals surface area contributed by atoms with E-state index in [1.807, 2.05) is 19.9 Å². The summed E-state index contributed by atoms with van der Waals surface area (Å²) in [4.78, 5) is 27.3. The fraction of sp³-hybridized carbons (Fsp3) is 0.467. The first-order valence-corrected chi connectivity index (χ1v) is 6.61. The first-order chi connectivity index (χ1) is 9.69. The normalized spacial score (nSPS) is 13.3. The number of pyridine rings is 1. The Morgan fingerprint density at radius 3 is 2.52 bits per heavy atom.